The van der Waals surface area contributed by atoms with Crippen molar-refractivity contribution in [3.05, 3.63) is 21.4 Å². The molecule has 1 aromatic rings. The molecule has 1 aromatic heterocycles. The first-order valence-corrected chi connectivity index (χ1v) is 8.57. The number of carbonyl (C=O) groups is 1. The third-order valence-corrected chi connectivity index (χ3v) is 5.86. The van der Waals surface area contributed by atoms with Crippen LogP contribution in [-0.2, 0) is 0 Å². The van der Waals surface area contributed by atoms with E-state index in [1.807, 2.05) is 0 Å². The summed E-state index contributed by atoms with van der Waals surface area (Å²) in [6.07, 6.45) is 5.06. The van der Waals surface area contributed by atoms with E-state index in [-0.39, 0.29) is 5.91 Å². The van der Waals surface area contributed by atoms with Gasteiger partial charge >= 0.3 is 0 Å². The molecule has 4 heteroatoms. The molecule has 0 N–H and O–H groups in total. The van der Waals surface area contributed by atoms with Crippen LogP contribution in [0.15, 0.2) is 6.07 Å². The molecular formula is C16H24N2OS. The summed E-state index contributed by atoms with van der Waals surface area (Å²) in [5, 5.41) is 0. The van der Waals surface area contributed by atoms with Crippen LogP contribution in [0.25, 0.3) is 0 Å². The Kier molecular flexibility index (Phi) is 4.13. The van der Waals surface area contributed by atoms with Gasteiger partial charge in [0.05, 0.1) is 4.88 Å². The minimum atomic E-state index is 0.245. The van der Waals surface area contributed by atoms with Crippen LogP contribution in [0, 0.1) is 13.8 Å². The quantitative estimate of drug-likeness (QED) is 0.836. The lowest BCUT2D eigenvalue weighted by Gasteiger charge is -2.37. The normalized spacial score (nSPS) is 24.3. The van der Waals surface area contributed by atoms with Crippen molar-refractivity contribution in [3.8, 4) is 0 Å². The Morgan fingerprint density at radius 1 is 1.20 bits per heavy atom. The molecule has 0 aromatic carbocycles. The van der Waals surface area contributed by atoms with Crippen LogP contribution in [0.1, 0.15) is 45.8 Å². The number of aryl methyl sites for hydroxylation is 2. The van der Waals surface area contributed by atoms with Gasteiger partial charge in [-0.1, -0.05) is 0 Å². The van der Waals surface area contributed by atoms with E-state index in [4.69, 9.17) is 0 Å². The van der Waals surface area contributed by atoms with Crippen LogP contribution < -0.4 is 0 Å². The van der Waals surface area contributed by atoms with E-state index < -0.39 is 0 Å². The minimum Gasteiger partial charge on any atom is -0.336 e. The molecule has 20 heavy (non-hydrogen) atoms. The topological polar surface area (TPSA) is 23.6 Å². The number of hydrogen-bond donors (Lipinski definition) is 0. The SMILES string of the molecule is Cc1cc(C(=O)N2CCCC(N3CCCC3)C2)sc1C. The minimum absolute atomic E-state index is 0.245. The highest BCUT2D eigenvalue weighted by Gasteiger charge is 2.30. The molecule has 3 nitrogen and oxygen atoms in total. The Labute approximate surface area is 125 Å². The van der Waals surface area contributed by atoms with Gasteiger partial charge in [-0.3, -0.25) is 9.69 Å². The van der Waals surface area contributed by atoms with Crippen molar-refractivity contribution in [2.45, 2.75) is 45.6 Å². The Morgan fingerprint density at radius 3 is 2.60 bits per heavy atom. The summed E-state index contributed by atoms with van der Waals surface area (Å²) >= 11 is 1.64. The lowest BCUT2D eigenvalue weighted by atomic mass is 10.0. The summed E-state index contributed by atoms with van der Waals surface area (Å²) in [5.74, 6) is 0.245. The number of hydrogen-bond acceptors (Lipinski definition) is 3. The van der Waals surface area contributed by atoms with Gasteiger partial charge < -0.3 is 4.90 Å². The summed E-state index contributed by atoms with van der Waals surface area (Å²) in [6, 6.07) is 2.65. The van der Waals surface area contributed by atoms with E-state index in [0.29, 0.717) is 6.04 Å². The van der Waals surface area contributed by atoms with E-state index in [0.717, 1.165) is 24.4 Å². The molecule has 2 aliphatic rings. The van der Waals surface area contributed by atoms with E-state index in [1.165, 1.54) is 42.8 Å². The van der Waals surface area contributed by atoms with Gasteiger partial charge in [0.1, 0.15) is 0 Å². The lowest BCUT2D eigenvalue weighted by molar-refractivity contribution is 0.0612. The van der Waals surface area contributed by atoms with Crippen molar-refractivity contribution >= 4 is 17.2 Å². The zero-order valence-corrected chi connectivity index (χ0v) is 13.3. The Morgan fingerprint density at radius 2 is 1.95 bits per heavy atom. The number of carbonyl (C=O) groups excluding carboxylic acids is 1. The molecular weight excluding hydrogens is 268 g/mol. The zero-order chi connectivity index (χ0) is 14.1. The largest absolute Gasteiger partial charge is 0.336 e. The first-order valence-electron chi connectivity index (χ1n) is 7.75. The average Bonchev–Trinajstić information content (AvgIpc) is 3.09. The monoisotopic (exact) mass is 292 g/mol. The van der Waals surface area contributed by atoms with Gasteiger partial charge in [-0.15, -0.1) is 11.3 Å². The number of likely N-dealkylation sites (tertiary alicyclic amines) is 2. The summed E-state index contributed by atoms with van der Waals surface area (Å²) in [6.45, 7) is 8.49. The van der Waals surface area contributed by atoms with Crippen molar-refractivity contribution in [1.29, 1.82) is 0 Å². The second-order valence-electron chi connectivity index (χ2n) is 6.14. The fourth-order valence-electron chi connectivity index (χ4n) is 3.38. The maximum atomic E-state index is 12.6. The Balaban J connectivity index is 1.68. The number of amides is 1. The molecule has 0 aliphatic carbocycles. The zero-order valence-electron chi connectivity index (χ0n) is 12.5. The number of piperidine rings is 1. The van der Waals surface area contributed by atoms with Crippen molar-refractivity contribution in [2.24, 2.45) is 0 Å². The van der Waals surface area contributed by atoms with Gasteiger partial charge in [0.15, 0.2) is 0 Å². The second-order valence-corrected chi connectivity index (χ2v) is 7.40. The average molecular weight is 292 g/mol. The highest BCUT2D eigenvalue weighted by atomic mass is 32.1. The highest BCUT2D eigenvalue weighted by molar-refractivity contribution is 7.14. The van der Waals surface area contributed by atoms with Gasteiger partial charge in [-0.25, -0.2) is 0 Å². The third kappa shape index (κ3) is 2.77. The molecule has 2 saturated heterocycles. The summed E-state index contributed by atoms with van der Waals surface area (Å²) in [7, 11) is 0. The Bertz CT molecular complexity index is 471. The molecule has 1 atom stereocenters. The smallest absolute Gasteiger partial charge is 0.263 e. The van der Waals surface area contributed by atoms with Crippen LogP contribution >= 0.6 is 11.3 Å². The maximum Gasteiger partial charge on any atom is 0.263 e. The molecule has 0 radical (unpaired) electrons. The maximum absolute atomic E-state index is 12.6. The van der Waals surface area contributed by atoms with Crippen LogP contribution in [0.5, 0.6) is 0 Å². The predicted octanol–water partition coefficient (Wildman–Crippen LogP) is 3.07. The number of thiophene rings is 1. The van der Waals surface area contributed by atoms with Crippen LogP contribution in [0.4, 0.5) is 0 Å². The second kappa shape index (κ2) is 5.86. The molecule has 0 spiro atoms. The molecule has 2 aliphatic heterocycles. The van der Waals surface area contributed by atoms with E-state index in [9.17, 15) is 4.79 Å². The fraction of sp³-hybridized carbons (Fsp3) is 0.688. The fourth-order valence-corrected chi connectivity index (χ4v) is 4.38. The van der Waals surface area contributed by atoms with Gasteiger partial charge in [-0.2, -0.15) is 0 Å². The summed E-state index contributed by atoms with van der Waals surface area (Å²) < 4.78 is 0. The van der Waals surface area contributed by atoms with Gasteiger partial charge in [0.25, 0.3) is 5.91 Å². The molecule has 2 fully saturated rings. The van der Waals surface area contributed by atoms with E-state index in [1.54, 1.807) is 11.3 Å². The first-order chi connectivity index (χ1) is 9.65. The van der Waals surface area contributed by atoms with E-state index in [2.05, 4.69) is 29.7 Å². The third-order valence-electron chi connectivity index (χ3n) is 4.72. The summed E-state index contributed by atoms with van der Waals surface area (Å²) in [5.41, 5.74) is 1.24. The van der Waals surface area contributed by atoms with Crippen molar-refractivity contribution < 1.29 is 4.79 Å². The van der Waals surface area contributed by atoms with Crippen LogP contribution in [-0.4, -0.2) is 47.9 Å². The van der Waals surface area contributed by atoms with Crippen molar-refractivity contribution in [2.75, 3.05) is 26.2 Å². The van der Waals surface area contributed by atoms with Crippen molar-refractivity contribution in [1.82, 2.24) is 9.80 Å². The highest BCUT2D eigenvalue weighted by Crippen LogP contribution is 2.25. The first kappa shape index (κ1) is 14.1. The summed E-state index contributed by atoms with van der Waals surface area (Å²) in [4.78, 5) is 19.5. The lowest BCUT2D eigenvalue weighted by Crippen LogP contribution is -2.48. The van der Waals surface area contributed by atoms with Crippen LogP contribution in [0.3, 0.4) is 0 Å². The molecule has 1 unspecified atom stereocenters. The van der Waals surface area contributed by atoms with Crippen LogP contribution in [0.2, 0.25) is 0 Å². The van der Waals surface area contributed by atoms with Gasteiger partial charge in [0, 0.05) is 24.0 Å². The van der Waals surface area contributed by atoms with Gasteiger partial charge in [0.2, 0.25) is 0 Å². The molecule has 3 heterocycles. The molecule has 3 rings (SSSR count). The van der Waals surface area contributed by atoms with Crippen molar-refractivity contribution in [3.63, 3.8) is 0 Å². The molecule has 0 saturated carbocycles. The molecule has 0 bridgehead atoms. The molecule has 1 amide bonds. The standard InChI is InChI=1S/C16H24N2OS/c1-12-10-15(20-13(12)2)16(19)18-9-5-6-14(11-18)17-7-3-4-8-17/h10,14H,3-9,11H2,1-2H3. The van der Waals surface area contributed by atoms with E-state index >= 15 is 0 Å². The number of nitrogens with zero attached hydrogens (tertiary/aromatic N) is 2. The molecule has 110 valence electrons. The Hall–Kier alpha value is -0.870. The predicted molar refractivity (Wildman–Crippen MR) is 83.5 cm³/mol. The van der Waals surface area contributed by atoms with Gasteiger partial charge in [-0.05, 0) is 64.3 Å². The number of rotatable bonds is 2.